The third kappa shape index (κ3) is 4.22. The van der Waals surface area contributed by atoms with Crippen LogP contribution in [0.1, 0.15) is 29.9 Å². The van der Waals surface area contributed by atoms with E-state index in [0.29, 0.717) is 23.7 Å². The van der Waals surface area contributed by atoms with Gasteiger partial charge in [-0.05, 0) is 66.6 Å². The van der Waals surface area contributed by atoms with Gasteiger partial charge in [-0.2, -0.15) is 10.2 Å². The molecule has 2 N–H and O–H groups in total. The molecule has 4 aromatic rings. The first-order valence-corrected chi connectivity index (χ1v) is 9.76. The number of ether oxygens (including phenoxy) is 1. The van der Waals surface area contributed by atoms with E-state index in [9.17, 15) is 4.79 Å². The maximum atomic E-state index is 12.5. The van der Waals surface area contributed by atoms with E-state index in [1.807, 2.05) is 62.4 Å². The van der Waals surface area contributed by atoms with Gasteiger partial charge in [-0.25, -0.2) is 5.43 Å². The Morgan fingerprint density at radius 2 is 1.80 bits per heavy atom. The minimum Gasteiger partial charge on any atom is -0.494 e. The largest absolute Gasteiger partial charge is 0.494 e. The highest BCUT2D eigenvalue weighted by atomic mass is 16.5. The van der Waals surface area contributed by atoms with Crippen molar-refractivity contribution in [2.45, 2.75) is 13.8 Å². The lowest BCUT2D eigenvalue weighted by Gasteiger charge is -2.05. The molecule has 0 saturated heterocycles. The molecule has 0 bridgehead atoms. The SMILES string of the molecule is CCOc1ccc(/C(C)=N\NC(=O)c2cc(-c3ccc4ccccc4c3)n[nH]2)cc1. The molecule has 0 saturated carbocycles. The zero-order chi connectivity index (χ0) is 20.9. The van der Waals surface area contributed by atoms with Crippen LogP contribution in [0.4, 0.5) is 0 Å². The Morgan fingerprint density at radius 1 is 1.03 bits per heavy atom. The molecule has 150 valence electrons. The van der Waals surface area contributed by atoms with Gasteiger partial charge in [-0.15, -0.1) is 0 Å². The van der Waals surface area contributed by atoms with Crippen molar-refractivity contribution in [3.8, 4) is 17.0 Å². The second-order valence-electron chi connectivity index (χ2n) is 6.82. The summed E-state index contributed by atoms with van der Waals surface area (Å²) in [4.78, 5) is 12.5. The molecule has 1 aromatic heterocycles. The first-order valence-electron chi connectivity index (χ1n) is 9.76. The molecule has 0 aliphatic rings. The van der Waals surface area contributed by atoms with Crippen LogP contribution >= 0.6 is 0 Å². The van der Waals surface area contributed by atoms with E-state index in [-0.39, 0.29) is 5.91 Å². The van der Waals surface area contributed by atoms with Crippen LogP contribution in [0.5, 0.6) is 5.75 Å². The first kappa shape index (κ1) is 19.4. The number of aromatic amines is 1. The number of hydrogen-bond acceptors (Lipinski definition) is 4. The van der Waals surface area contributed by atoms with E-state index in [2.05, 4.69) is 38.9 Å². The van der Waals surface area contributed by atoms with E-state index < -0.39 is 0 Å². The van der Waals surface area contributed by atoms with Crippen molar-refractivity contribution in [3.05, 3.63) is 84.1 Å². The number of carbonyl (C=O) groups excluding carboxylic acids is 1. The average Bonchev–Trinajstić information content (AvgIpc) is 3.28. The molecular formula is C24H22N4O2. The predicted octanol–water partition coefficient (Wildman–Crippen LogP) is 4.78. The zero-order valence-electron chi connectivity index (χ0n) is 16.8. The number of hydrogen-bond donors (Lipinski definition) is 2. The Bertz CT molecular complexity index is 1210. The number of H-pyrrole nitrogens is 1. The van der Waals surface area contributed by atoms with Crippen LogP contribution in [0.2, 0.25) is 0 Å². The monoisotopic (exact) mass is 398 g/mol. The van der Waals surface area contributed by atoms with E-state index in [1.165, 1.54) is 0 Å². The van der Waals surface area contributed by atoms with Crippen LogP contribution < -0.4 is 10.2 Å². The van der Waals surface area contributed by atoms with Crippen molar-refractivity contribution in [1.29, 1.82) is 0 Å². The molecule has 0 radical (unpaired) electrons. The smallest absolute Gasteiger partial charge is 0.289 e. The number of rotatable bonds is 6. The molecule has 0 unspecified atom stereocenters. The standard InChI is InChI=1S/C24H22N4O2/c1-3-30-21-12-10-17(11-13-21)16(2)25-28-24(29)23-15-22(26-27-23)20-9-8-18-6-4-5-7-19(18)14-20/h4-15H,3H2,1-2H3,(H,26,27)(H,28,29)/b25-16-. The predicted molar refractivity (Wildman–Crippen MR) is 119 cm³/mol. The molecule has 0 spiro atoms. The van der Waals surface area contributed by atoms with Gasteiger partial charge in [0.15, 0.2) is 0 Å². The minimum absolute atomic E-state index is 0.347. The van der Waals surface area contributed by atoms with Gasteiger partial charge in [0.05, 0.1) is 18.0 Å². The summed E-state index contributed by atoms with van der Waals surface area (Å²) in [5.41, 5.74) is 6.17. The molecular weight excluding hydrogens is 376 g/mol. The van der Waals surface area contributed by atoms with Crippen LogP contribution in [0.15, 0.2) is 77.9 Å². The Hall–Kier alpha value is -3.93. The van der Waals surface area contributed by atoms with Crippen LogP contribution in [-0.4, -0.2) is 28.4 Å². The van der Waals surface area contributed by atoms with Crippen molar-refractivity contribution < 1.29 is 9.53 Å². The quantitative estimate of drug-likeness (QED) is 0.362. The van der Waals surface area contributed by atoms with Gasteiger partial charge in [-0.3, -0.25) is 9.89 Å². The van der Waals surface area contributed by atoms with Crippen molar-refractivity contribution in [2.75, 3.05) is 6.61 Å². The van der Waals surface area contributed by atoms with Gasteiger partial charge in [0.25, 0.3) is 5.91 Å². The summed E-state index contributed by atoms with van der Waals surface area (Å²) in [5.74, 6) is 0.455. The van der Waals surface area contributed by atoms with Gasteiger partial charge in [0, 0.05) is 5.56 Å². The Morgan fingerprint density at radius 3 is 2.57 bits per heavy atom. The molecule has 1 heterocycles. The summed E-state index contributed by atoms with van der Waals surface area (Å²) in [6.45, 7) is 4.40. The fourth-order valence-corrected chi connectivity index (χ4v) is 3.15. The summed E-state index contributed by atoms with van der Waals surface area (Å²) in [7, 11) is 0. The van der Waals surface area contributed by atoms with Crippen LogP contribution in [0.25, 0.3) is 22.0 Å². The van der Waals surface area contributed by atoms with Crippen LogP contribution in [0, 0.1) is 0 Å². The van der Waals surface area contributed by atoms with E-state index in [4.69, 9.17) is 4.74 Å². The number of nitrogens with zero attached hydrogens (tertiary/aromatic N) is 2. The van der Waals surface area contributed by atoms with E-state index in [0.717, 1.165) is 27.6 Å². The summed E-state index contributed by atoms with van der Waals surface area (Å²) in [6, 6.07) is 23.5. The Labute approximate surface area is 174 Å². The lowest BCUT2D eigenvalue weighted by molar-refractivity contribution is 0.0950. The van der Waals surface area contributed by atoms with Gasteiger partial charge < -0.3 is 4.74 Å². The molecule has 6 heteroatoms. The van der Waals surface area contributed by atoms with Crippen molar-refractivity contribution in [1.82, 2.24) is 15.6 Å². The Balaban J connectivity index is 1.46. The molecule has 0 aliphatic carbocycles. The summed E-state index contributed by atoms with van der Waals surface area (Å²) >= 11 is 0. The molecule has 6 nitrogen and oxygen atoms in total. The van der Waals surface area contributed by atoms with Gasteiger partial charge >= 0.3 is 0 Å². The first-order chi connectivity index (χ1) is 14.6. The van der Waals surface area contributed by atoms with Crippen LogP contribution in [-0.2, 0) is 0 Å². The number of fused-ring (bicyclic) bond motifs is 1. The second kappa shape index (κ2) is 8.61. The van der Waals surface area contributed by atoms with E-state index >= 15 is 0 Å². The maximum absolute atomic E-state index is 12.5. The van der Waals surface area contributed by atoms with Gasteiger partial charge in [0.2, 0.25) is 0 Å². The molecule has 0 atom stereocenters. The van der Waals surface area contributed by atoms with Crippen molar-refractivity contribution in [3.63, 3.8) is 0 Å². The fourth-order valence-electron chi connectivity index (χ4n) is 3.15. The zero-order valence-corrected chi connectivity index (χ0v) is 16.8. The molecule has 0 fully saturated rings. The minimum atomic E-state index is -0.347. The number of amides is 1. The molecule has 0 aliphatic heterocycles. The van der Waals surface area contributed by atoms with Gasteiger partial charge in [-0.1, -0.05) is 36.4 Å². The number of carbonyl (C=O) groups is 1. The summed E-state index contributed by atoms with van der Waals surface area (Å²) in [5, 5.41) is 13.6. The fraction of sp³-hybridized carbons (Fsp3) is 0.125. The second-order valence-corrected chi connectivity index (χ2v) is 6.82. The number of nitrogens with one attached hydrogen (secondary N) is 2. The van der Waals surface area contributed by atoms with E-state index in [1.54, 1.807) is 6.07 Å². The number of aromatic nitrogens is 2. The topological polar surface area (TPSA) is 79.4 Å². The van der Waals surface area contributed by atoms with Crippen molar-refractivity contribution in [2.24, 2.45) is 5.10 Å². The van der Waals surface area contributed by atoms with Crippen molar-refractivity contribution >= 4 is 22.4 Å². The summed E-state index contributed by atoms with van der Waals surface area (Å²) in [6.07, 6.45) is 0. The highest BCUT2D eigenvalue weighted by molar-refractivity contribution is 6.00. The van der Waals surface area contributed by atoms with Gasteiger partial charge in [0.1, 0.15) is 11.4 Å². The third-order valence-electron chi connectivity index (χ3n) is 4.78. The molecule has 1 amide bonds. The third-order valence-corrected chi connectivity index (χ3v) is 4.78. The maximum Gasteiger partial charge on any atom is 0.289 e. The molecule has 30 heavy (non-hydrogen) atoms. The lowest BCUT2D eigenvalue weighted by atomic mass is 10.1. The normalized spacial score (nSPS) is 11.5. The Kier molecular flexibility index (Phi) is 5.57. The lowest BCUT2D eigenvalue weighted by Crippen LogP contribution is -2.19. The highest BCUT2D eigenvalue weighted by Gasteiger charge is 2.11. The average molecular weight is 398 g/mol. The van der Waals surface area contributed by atoms with Crippen LogP contribution in [0.3, 0.4) is 0 Å². The number of benzene rings is 3. The highest BCUT2D eigenvalue weighted by Crippen LogP contribution is 2.23. The summed E-state index contributed by atoms with van der Waals surface area (Å²) < 4.78 is 5.44. The number of hydrazone groups is 1. The molecule has 3 aromatic carbocycles. The molecule has 4 rings (SSSR count).